The zero-order chi connectivity index (χ0) is 14.7. The van der Waals surface area contributed by atoms with Crippen LogP contribution in [0.4, 0.5) is 13.2 Å². The van der Waals surface area contributed by atoms with E-state index in [2.05, 4.69) is 15.3 Å². The van der Waals surface area contributed by atoms with Crippen molar-refractivity contribution in [3.63, 3.8) is 0 Å². The highest BCUT2D eigenvalue weighted by atomic mass is 19.4. The molecule has 2 heterocycles. The van der Waals surface area contributed by atoms with Gasteiger partial charge in [-0.25, -0.2) is 0 Å². The maximum atomic E-state index is 13.1. The molecule has 2 saturated carbocycles. The lowest BCUT2D eigenvalue weighted by atomic mass is 9.57. The van der Waals surface area contributed by atoms with Crippen molar-refractivity contribution in [3.05, 3.63) is 23.8 Å². The molecule has 1 aromatic heterocycles. The molecule has 21 heavy (non-hydrogen) atoms. The Labute approximate surface area is 121 Å². The molecule has 0 amide bonds. The van der Waals surface area contributed by atoms with Gasteiger partial charge < -0.3 is 5.32 Å². The molecule has 114 valence electrons. The molecular formula is C15H18F3N3. The first-order chi connectivity index (χ1) is 9.93. The first-order valence-electron chi connectivity index (χ1n) is 7.51. The molecule has 1 aromatic rings. The maximum absolute atomic E-state index is 13.1. The van der Waals surface area contributed by atoms with Gasteiger partial charge in [0.05, 0.1) is 11.4 Å². The summed E-state index contributed by atoms with van der Waals surface area (Å²) in [5, 5.41) is 3.29. The second-order valence-corrected chi connectivity index (χ2v) is 7.06. The lowest BCUT2D eigenvalue weighted by Crippen LogP contribution is -2.60. The van der Waals surface area contributed by atoms with E-state index in [1.807, 2.05) is 0 Å². The molecule has 1 saturated heterocycles. The molecule has 1 spiro atoms. The first kappa shape index (κ1) is 13.5. The van der Waals surface area contributed by atoms with Gasteiger partial charge >= 0.3 is 6.18 Å². The van der Waals surface area contributed by atoms with Gasteiger partial charge in [0.15, 0.2) is 0 Å². The lowest BCUT2D eigenvalue weighted by Gasteiger charge is -2.54. The fourth-order valence-electron chi connectivity index (χ4n) is 3.92. The van der Waals surface area contributed by atoms with Crippen molar-refractivity contribution < 1.29 is 13.2 Å². The maximum Gasteiger partial charge on any atom is 0.400 e. The molecule has 0 unspecified atom stereocenters. The summed E-state index contributed by atoms with van der Waals surface area (Å²) in [5.74, 6) is 0.553. The van der Waals surface area contributed by atoms with Crippen LogP contribution in [0.5, 0.6) is 0 Å². The van der Waals surface area contributed by atoms with Crippen LogP contribution in [0.15, 0.2) is 12.4 Å². The van der Waals surface area contributed by atoms with E-state index in [1.165, 1.54) is 6.20 Å². The zero-order valence-electron chi connectivity index (χ0n) is 11.7. The molecule has 4 rings (SSSR count). The van der Waals surface area contributed by atoms with Gasteiger partial charge in [-0.1, -0.05) is 0 Å². The number of alkyl halides is 3. The van der Waals surface area contributed by atoms with Crippen LogP contribution in [0.2, 0.25) is 0 Å². The number of halogens is 3. The topological polar surface area (TPSA) is 37.8 Å². The second-order valence-electron chi connectivity index (χ2n) is 7.06. The summed E-state index contributed by atoms with van der Waals surface area (Å²) in [5.41, 5.74) is -0.393. The Bertz CT molecular complexity index is 554. The second kappa shape index (κ2) is 4.18. The summed E-state index contributed by atoms with van der Waals surface area (Å²) in [6.07, 6.45) is 2.09. The summed E-state index contributed by atoms with van der Waals surface area (Å²) in [6, 6.07) is 0. The van der Waals surface area contributed by atoms with Crippen LogP contribution in [0.25, 0.3) is 0 Å². The highest BCUT2D eigenvalue weighted by Crippen LogP contribution is 2.58. The summed E-state index contributed by atoms with van der Waals surface area (Å²) >= 11 is 0. The molecule has 0 aromatic carbocycles. The molecule has 3 aliphatic rings. The summed E-state index contributed by atoms with van der Waals surface area (Å²) < 4.78 is 39.4. The smallest absolute Gasteiger partial charge is 0.316 e. The van der Waals surface area contributed by atoms with E-state index < -0.39 is 11.6 Å². The standard InChI is InChI=1S/C15H18F3N3/c16-15(17,18)14(1-2-14)12-7-19-6-11(21-12)3-10-4-13(5-10)8-20-9-13/h6-7,10,20H,1-5,8-9H2. The monoisotopic (exact) mass is 297 g/mol. The van der Waals surface area contributed by atoms with Crippen molar-refractivity contribution in [2.24, 2.45) is 11.3 Å². The molecule has 0 bridgehead atoms. The molecule has 3 nitrogen and oxygen atoms in total. The Morgan fingerprint density at radius 3 is 2.43 bits per heavy atom. The molecule has 0 atom stereocenters. The third-order valence-electron chi connectivity index (χ3n) is 5.41. The summed E-state index contributed by atoms with van der Waals surface area (Å²) in [6.45, 7) is 2.18. The van der Waals surface area contributed by atoms with E-state index in [0.29, 0.717) is 11.3 Å². The van der Waals surface area contributed by atoms with Crippen molar-refractivity contribution in [3.8, 4) is 0 Å². The van der Waals surface area contributed by atoms with Crippen LogP contribution in [0.3, 0.4) is 0 Å². The Kier molecular flexibility index (Phi) is 2.69. The quantitative estimate of drug-likeness (QED) is 0.932. The van der Waals surface area contributed by atoms with Crippen LogP contribution in [0, 0.1) is 11.3 Å². The highest BCUT2D eigenvalue weighted by molar-refractivity contribution is 5.26. The van der Waals surface area contributed by atoms with Gasteiger partial charge in [0.2, 0.25) is 0 Å². The van der Waals surface area contributed by atoms with Gasteiger partial charge in [0, 0.05) is 25.5 Å². The first-order valence-corrected chi connectivity index (χ1v) is 7.51. The third kappa shape index (κ3) is 2.06. The predicted molar refractivity (Wildman–Crippen MR) is 70.7 cm³/mol. The Balaban J connectivity index is 1.47. The van der Waals surface area contributed by atoms with Gasteiger partial charge in [-0.15, -0.1) is 0 Å². The summed E-state index contributed by atoms with van der Waals surface area (Å²) in [7, 11) is 0. The normalized spacial score (nSPS) is 26.2. The molecule has 6 heteroatoms. The van der Waals surface area contributed by atoms with Crippen LogP contribution in [-0.2, 0) is 11.8 Å². The van der Waals surface area contributed by atoms with Crippen LogP contribution in [0.1, 0.15) is 37.1 Å². The van der Waals surface area contributed by atoms with Crippen LogP contribution < -0.4 is 5.32 Å². The van der Waals surface area contributed by atoms with E-state index in [0.717, 1.165) is 38.0 Å². The van der Waals surface area contributed by atoms with Crippen molar-refractivity contribution in [1.29, 1.82) is 0 Å². The average Bonchev–Trinajstić information content (AvgIpc) is 3.11. The van der Waals surface area contributed by atoms with Gasteiger partial charge in [-0.2, -0.15) is 13.2 Å². The van der Waals surface area contributed by atoms with Crippen molar-refractivity contribution in [2.75, 3.05) is 13.1 Å². The van der Waals surface area contributed by atoms with Gasteiger partial charge in [0.1, 0.15) is 5.41 Å². The number of nitrogens with one attached hydrogen (secondary N) is 1. The van der Waals surface area contributed by atoms with Gasteiger partial charge in [-0.05, 0) is 43.4 Å². The minimum absolute atomic E-state index is 0.117. The number of rotatable bonds is 3. The minimum Gasteiger partial charge on any atom is -0.316 e. The largest absolute Gasteiger partial charge is 0.400 e. The van der Waals surface area contributed by atoms with Crippen molar-refractivity contribution >= 4 is 0 Å². The predicted octanol–water partition coefficient (Wildman–Crippen LogP) is 2.61. The van der Waals surface area contributed by atoms with Gasteiger partial charge in [0.25, 0.3) is 0 Å². The minimum atomic E-state index is -4.21. The Morgan fingerprint density at radius 1 is 1.19 bits per heavy atom. The molecule has 1 N–H and O–H groups in total. The van der Waals surface area contributed by atoms with E-state index in [-0.39, 0.29) is 18.5 Å². The highest BCUT2D eigenvalue weighted by Gasteiger charge is 2.65. The lowest BCUT2D eigenvalue weighted by molar-refractivity contribution is -0.161. The van der Waals surface area contributed by atoms with E-state index >= 15 is 0 Å². The van der Waals surface area contributed by atoms with Crippen molar-refractivity contribution in [1.82, 2.24) is 15.3 Å². The van der Waals surface area contributed by atoms with Crippen LogP contribution >= 0.6 is 0 Å². The fraction of sp³-hybridized carbons (Fsp3) is 0.733. The molecule has 0 radical (unpaired) electrons. The third-order valence-corrected chi connectivity index (χ3v) is 5.41. The number of hydrogen-bond acceptors (Lipinski definition) is 3. The van der Waals surface area contributed by atoms with E-state index in [9.17, 15) is 13.2 Å². The number of hydrogen-bond donors (Lipinski definition) is 1. The van der Waals surface area contributed by atoms with Crippen LogP contribution in [-0.4, -0.2) is 29.2 Å². The Hall–Kier alpha value is -1.17. The fourth-order valence-corrected chi connectivity index (χ4v) is 3.92. The summed E-state index contributed by atoms with van der Waals surface area (Å²) in [4.78, 5) is 8.30. The van der Waals surface area contributed by atoms with E-state index in [1.54, 1.807) is 6.20 Å². The Morgan fingerprint density at radius 2 is 1.90 bits per heavy atom. The molecular weight excluding hydrogens is 279 g/mol. The molecule has 1 aliphatic heterocycles. The SMILES string of the molecule is FC(F)(F)C1(c2cncc(CC3CC4(CNC4)C3)n2)CC1. The number of aromatic nitrogens is 2. The molecule has 3 fully saturated rings. The van der Waals surface area contributed by atoms with E-state index in [4.69, 9.17) is 0 Å². The molecule has 2 aliphatic carbocycles. The van der Waals surface area contributed by atoms with Crippen molar-refractivity contribution in [2.45, 2.75) is 43.7 Å². The van der Waals surface area contributed by atoms with Gasteiger partial charge in [-0.3, -0.25) is 9.97 Å². The average molecular weight is 297 g/mol. The number of nitrogens with zero attached hydrogens (tertiary/aromatic N) is 2. The zero-order valence-corrected chi connectivity index (χ0v) is 11.7.